The van der Waals surface area contributed by atoms with E-state index in [1.54, 1.807) is 0 Å². The van der Waals surface area contributed by atoms with Gasteiger partial charge < -0.3 is 10.6 Å². The highest BCUT2D eigenvalue weighted by molar-refractivity contribution is 5.80. The average molecular weight is 339 g/mol. The number of hydrogen-bond donors (Lipinski definition) is 2. The molecule has 0 unspecified atom stereocenters. The Hall–Kier alpha value is -2.30. The van der Waals surface area contributed by atoms with E-state index in [2.05, 4.69) is 59.9 Å². The maximum Gasteiger partial charge on any atom is 0.191 e. The Kier molecular flexibility index (Phi) is 5.74. The van der Waals surface area contributed by atoms with Gasteiger partial charge in [-0.05, 0) is 51.3 Å². The number of benzene rings is 1. The molecule has 1 aromatic carbocycles. The molecule has 2 aromatic rings. The Balaban J connectivity index is 1.80. The van der Waals surface area contributed by atoms with Crippen molar-refractivity contribution in [2.45, 2.75) is 59.0 Å². The van der Waals surface area contributed by atoms with Crippen molar-refractivity contribution >= 4 is 5.96 Å². The number of rotatable bonds is 5. The first-order valence-corrected chi connectivity index (χ1v) is 9.33. The van der Waals surface area contributed by atoms with Crippen LogP contribution in [0.15, 0.2) is 35.3 Å². The van der Waals surface area contributed by atoms with E-state index >= 15 is 0 Å². The van der Waals surface area contributed by atoms with Crippen LogP contribution in [0.2, 0.25) is 0 Å². The van der Waals surface area contributed by atoms with Crippen LogP contribution in [0.1, 0.15) is 49.6 Å². The van der Waals surface area contributed by atoms with Gasteiger partial charge in [0, 0.05) is 18.3 Å². The van der Waals surface area contributed by atoms with E-state index in [4.69, 9.17) is 4.99 Å². The summed E-state index contributed by atoms with van der Waals surface area (Å²) in [6.45, 7) is 7.73. The van der Waals surface area contributed by atoms with Gasteiger partial charge in [0.05, 0.1) is 17.9 Å². The lowest BCUT2D eigenvalue weighted by Gasteiger charge is -2.17. The minimum Gasteiger partial charge on any atom is -0.357 e. The van der Waals surface area contributed by atoms with Crippen LogP contribution in [0.4, 0.5) is 0 Å². The molecule has 0 saturated heterocycles. The van der Waals surface area contributed by atoms with E-state index in [0.29, 0.717) is 12.6 Å². The SMILES string of the molecule is CCNC(=NCc1ccccc1-n1nc(C)cc1C)NC1CCCC1. The molecule has 0 radical (unpaired) electrons. The fraction of sp³-hybridized carbons (Fsp3) is 0.500. The van der Waals surface area contributed by atoms with Crippen molar-refractivity contribution in [1.29, 1.82) is 0 Å². The minimum atomic E-state index is 0.559. The van der Waals surface area contributed by atoms with Crippen molar-refractivity contribution in [3.8, 4) is 5.69 Å². The van der Waals surface area contributed by atoms with Gasteiger partial charge in [-0.3, -0.25) is 0 Å². The lowest BCUT2D eigenvalue weighted by molar-refractivity contribution is 0.613. The summed E-state index contributed by atoms with van der Waals surface area (Å²) in [6, 6.07) is 11.0. The van der Waals surface area contributed by atoms with Crippen LogP contribution < -0.4 is 10.6 Å². The molecule has 5 nitrogen and oxygen atoms in total. The van der Waals surface area contributed by atoms with Crippen LogP contribution in [0.5, 0.6) is 0 Å². The maximum absolute atomic E-state index is 4.82. The molecule has 5 heteroatoms. The molecule has 1 aromatic heterocycles. The zero-order chi connectivity index (χ0) is 17.6. The summed E-state index contributed by atoms with van der Waals surface area (Å²) < 4.78 is 2.01. The van der Waals surface area contributed by atoms with Crippen LogP contribution in [0.25, 0.3) is 5.69 Å². The van der Waals surface area contributed by atoms with Gasteiger partial charge >= 0.3 is 0 Å². The van der Waals surface area contributed by atoms with Gasteiger partial charge in [0.15, 0.2) is 5.96 Å². The molecular weight excluding hydrogens is 310 g/mol. The fourth-order valence-electron chi connectivity index (χ4n) is 3.47. The largest absolute Gasteiger partial charge is 0.357 e. The van der Waals surface area contributed by atoms with Crippen molar-refractivity contribution in [3.63, 3.8) is 0 Å². The number of nitrogens with one attached hydrogen (secondary N) is 2. The number of aryl methyl sites for hydroxylation is 2. The van der Waals surface area contributed by atoms with Crippen LogP contribution in [0.3, 0.4) is 0 Å². The van der Waals surface area contributed by atoms with Crippen LogP contribution in [0, 0.1) is 13.8 Å². The van der Waals surface area contributed by atoms with Gasteiger partial charge in [0.2, 0.25) is 0 Å². The van der Waals surface area contributed by atoms with Gasteiger partial charge in [0.25, 0.3) is 0 Å². The molecule has 0 spiro atoms. The number of nitrogens with zero attached hydrogens (tertiary/aromatic N) is 3. The second-order valence-electron chi connectivity index (χ2n) is 6.79. The van der Waals surface area contributed by atoms with Crippen molar-refractivity contribution in [3.05, 3.63) is 47.3 Å². The van der Waals surface area contributed by atoms with Crippen molar-refractivity contribution in [2.24, 2.45) is 4.99 Å². The molecule has 1 aliphatic carbocycles. The summed E-state index contributed by atoms with van der Waals surface area (Å²) in [4.78, 5) is 4.82. The predicted molar refractivity (Wildman–Crippen MR) is 103 cm³/mol. The van der Waals surface area contributed by atoms with Crippen molar-refractivity contribution in [1.82, 2.24) is 20.4 Å². The molecule has 3 rings (SSSR count). The highest BCUT2D eigenvalue weighted by Crippen LogP contribution is 2.19. The van der Waals surface area contributed by atoms with Crippen LogP contribution in [-0.4, -0.2) is 28.3 Å². The highest BCUT2D eigenvalue weighted by Gasteiger charge is 2.16. The molecule has 1 heterocycles. The smallest absolute Gasteiger partial charge is 0.191 e. The van der Waals surface area contributed by atoms with Gasteiger partial charge in [-0.2, -0.15) is 5.10 Å². The minimum absolute atomic E-state index is 0.559. The monoisotopic (exact) mass is 339 g/mol. The lowest BCUT2D eigenvalue weighted by atomic mass is 10.2. The quantitative estimate of drug-likeness (QED) is 0.648. The molecule has 134 valence electrons. The summed E-state index contributed by atoms with van der Waals surface area (Å²) in [7, 11) is 0. The first-order valence-electron chi connectivity index (χ1n) is 9.33. The molecule has 2 N–H and O–H groups in total. The number of guanidine groups is 1. The molecule has 0 bridgehead atoms. The molecular formula is C20H29N5. The normalized spacial score (nSPS) is 15.6. The number of hydrogen-bond acceptors (Lipinski definition) is 2. The Morgan fingerprint density at radius 3 is 2.68 bits per heavy atom. The van der Waals surface area contributed by atoms with E-state index in [1.165, 1.54) is 31.2 Å². The van der Waals surface area contributed by atoms with Crippen molar-refractivity contribution in [2.75, 3.05) is 6.54 Å². The van der Waals surface area contributed by atoms with Crippen molar-refractivity contribution < 1.29 is 0 Å². The molecule has 1 aliphatic rings. The van der Waals surface area contributed by atoms with E-state index in [-0.39, 0.29) is 0 Å². The molecule has 0 atom stereocenters. The van der Waals surface area contributed by atoms with Gasteiger partial charge in [0.1, 0.15) is 0 Å². The van der Waals surface area contributed by atoms with Gasteiger partial charge in [-0.25, -0.2) is 9.67 Å². The average Bonchev–Trinajstić information content (AvgIpc) is 3.22. The highest BCUT2D eigenvalue weighted by atomic mass is 15.3. The fourth-order valence-corrected chi connectivity index (χ4v) is 3.47. The van der Waals surface area contributed by atoms with Crippen LogP contribution in [-0.2, 0) is 6.54 Å². The second-order valence-corrected chi connectivity index (χ2v) is 6.79. The van der Waals surface area contributed by atoms with E-state index in [1.807, 2.05) is 11.6 Å². The third kappa shape index (κ3) is 4.41. The van der Waals surface area contributed by atoms with Gasteiger partial charge in [-0.15, -0.1) is 0 Å². The second kappa shape index (κ2) is 8.19. The summed E-state index contributed by atoms with van der Waals surface area (Å²) >= 11 is 0. The zero-order valence-corrected chi connectivity index (χ0v) is 15.5. The molecule has 0 aliphatic heterocycles. The Morgan fingerprint density at radius 2 is 2.00 bits per heavy atom. The summed E-state index contributed by atoms with van der Waals surface area (Å²) in [6.07, 6.45) is 5.12. The third-order valence-corrected chi connectivity index (χ3v) is 4.68. The number of aromatic nitrogens is 2. The number of aliphatic imine (C=N–C) groups is 1. The van der Waals surface area contributed by atoms with E-state index < -0.39 is 0 Å². The molecule has 0 amide bonds. The Morgan fingerprint density at radius 1 is 1.24 bits per heavy atom. The summed E-state index contributed by atoms with van der Waals surface area (Å²) in [5, 5.41) is 11.6. The summed E-state index contributed by atoms with van der Waals surface area (Å²) in [5.41, 5.74) is 4.46. The Bertz CT molecular complexity index is 725. The van der Waals surface area contributed by atoms with E-state index in [9.17, 15) is 0 Å². The lowest BCUT2D eigenvalue weighted by Crippen LogP contribution is -2.42. The molecule has 1 fully saturated rings. The predicted octanol–water partition coefficient (Wildman–Crippen LogP) is 3.49. The van der Waals surface area contributed by atoms with Gasteiger partial charge in [-0.1, -0.05) is 31.0 Å². The maximum atomic E-state index is 4.82. The first kappa shape index (κ1) is 17.5. The molecule has 1 saturated carbocycles. The van der Waals surface area contributed by atoms with Crippen LogP contribution >= 0.6 is 0 Å². The third-order valence-electron chi connectivity index (χ3n) is 4.68. The topological polar surface area (TPSA) is 54.2 Å². The summed E-state index contributed by atoms with van der Waals surface area (Å²) in [5.74, 6) is 0.914. The standard InChI is InChI=1S/C20H29N5/c1-4-21-20(23-18-10-6-7-11-18)22-14-17-9-5-8-12-19(17)25-16(3)13-15(2)24-25/h5,8-9,12-13,18H,4,6-7,10-11,14H2,1-3H3,(H2,21,22,23). The van der Waals surface area contributed by atoms with E-state index in [0.717, 1.165) is 29.6 Å². The first-order chi connectivity index (χ1) is 12.2. The Labute approximate surface area is 150 Å². The number of para-hydroxylation sites is 1. The zero-order valence-electron chi connectivity index (χ0n) is 15.5. The molecule has 25 heavy (non-hydrogen) atoms.